The molecular weight excluding hydrogens is 420 g/mol. The molecular formula is C26H32N2O5. The van der Waals surface area contributed by atoms with Crippen LogP contribution in [0, 0.1) is 5.41 Å². The molecule has 7 heteroatoms. The second kappa shape index (κ2) is 10.1. The Hall–Kier alpha value is -3.35. The molecule has 2 aromatic carbocycles. The normalized spacial score (nSPS) is 14.5. The molecule has 0 bridgehead atoms. The first-order valence-corrected chi connectivity index (χ1v) is 11.3. The van der Waals surface area contributed by atoms with Gasteiger partial charge in [-0.25, -0.2) is 4.79 Å². The molecule has 0 aliphatic heterocycles. The first kappa shape index (κ1) is 24.3. The Morgan fingerprint density at radius 3 is 2.06 bits per heavy atom. The van der Waals surface area contributed by atoms with Crippen molar-refractivity contribution in [1.82, 2.24) is 10.6 Å². The van der Waals surface area contributed by atoms with Crippen LogP contribution < -0.4 is 10.6 Å². The van der Waals surface area contributed by atoms with Crippen molar-refractivity contribution in [2.75, 3.05) is 6.61 Å². The van der Waals surface area contributed by atoms with Crippen LogP contribution in [0.1, 0.15) is 57.6 Å². The van der Waals surface area contributed by atoms with Gasteiger partial charge in [-0.15, -0.1) is 0 Å². The lowest BCUT2D eigenvalue weighted by Gasteiger charge is -2.32. The van der Waals surface area contributed by atoms with Gasteiger partial charge in [-0.1, -0.05) is 69.3 Å². The van der Waals surface area contributed by atoms with E-state index in [-0.39, 0.29) is 24.0 Å². The van der Waals surface area contributed by atoms with Crippen LogP contribution in [0.25, 0.3) is 11.1 Å². The van der Waals surface area contributed by atoms with E-state index in [1.54, 1.807) is 0 Å². The smallest absolute Gasteiger partial charge is 0.407 e. The van der Waals surface area contributed by atoms with E-state index in [0.29, 0.717) is 0 Å². The van der Waals surface area contributed by atoms with Gasteiger partial charge < -0.3 is 20.5 Å². The highest BCUT2D eigenvalue weighted by atomic mass is 16.5. The number of benzene rings is 2. The molecule has 2 amide bonds. The zero-order valence-electron chi connectivity index (χ0n) is 19.6. The predicted molar refractivity (Wildman–Crippen MR) is 126 cm³/mol. The second-order valence-corrected chi connectivity index (χ2v) is 9.19. The number of carbonyl (C=O) groups is 3. The fraction of sp³-hybridized carbons (Fsp3) is 0.423. The van der Waals surface area contributed by atoms with Crippen LogP contribution in [0.2, 0.25) is 0 Å². The van der Waals surface area contributed by atoms with Gasteiger partial charge in [0.05, 0.1) is 6.42 Å². The molecule has 1 aliphatic carbocycles. The number of alkyl carbamates (subject to hydrolysis) is 1. The number of carboxylic acids is 1. The predicted octanol–water partition coefficient (Wildman–Crippen LogP) is 4.31. The van der Waals surface area contributed by atoms with Gasteiger partial charge in [-0.05, 0) is 41.0 Å². The Kier molecular flexibility index (Phi) is 7.41. The van der Waals surface area contributed by atoms with Crippen LogP contribution in [-0.4, -0.2) is 41.8 Å². The minimum atomic E-state index is -1.23. The molecule has 1 aliphatic rings. The van der Waals surface area contributed by atoms with Gasteiger partial charge in [-0.3, -0.25) is 9.59 Å². The van der Waals surface area contributed by atoms with E-state index in [1.165, 1.54) is 0 Å². The maximum atomic E-state index is 12.7. The van der Waals surface area contributed by atoms with Crippen LogP contribution in [0.4, 0.5) is 4.79 Å². The quantitative estimate of drug-likeness (QED) is 0.526. The fourth-order valence-electron chi connectivity index (χ4n) is 3.98. The van der Waals surface area contributed by atoms with Crippen LogP contribution in [-0.2, 0) is 14.3 Å². The molecule has 176 valence electrons. The van der Waals surface area contributed by atoms with Crippen molar-refractivity contribution in [1.29, 1.82) is 0 Å². The van der Waals surface area contributed by atoms with Gasteiger partial charge in [0.2, 0.25) is 5.91 Å². The van der Waals surface area contributed by atoms with Gasteiger partial charge >= 0.3 is 12.1 Å². The lowest BCUT2D eigenvalue weighted by atomic mass is 9.83. The van der Waals surface area contributed by atoms with E-state index in [0.717, 1.165) is 28.7 Å². The third kappa shape index (κ3) is 5.53. The largest absolute Gasteiger partial charge is 0.481 e. The molecule has 3 rings (SSSR count). The number of hydrogen-bond acceptors (Lipinski definition) is 4. The molecule has 0 fully saturated rings. The fourth-order valence-corrected chi connectivity index (χ4v) is 3.98. The van der Waals surface area contributed by atoms with Gasteiger partial charge in [0.15, 0.2) is 0 Å². The van der Waals surface area contributed by atoms with E-state index >= 15 is 0 Å². The average molecular weight is 453 g/mol. The Balaban J connectivity index is 1.66. The molecule has 7 nitrogen and oxygen atoms in total. The Morgan fingerprint density at radius 2 is 1.55 bits per heavy atom. The first-order chi connectivity index (χ1) is 15.6. The number of ether oxygens (including phenoxy) is 1. The number of rotatable bonds is 9. The Bertz CT molecular complexity index is 987. The molecule has 0 spiro atoms. The van der Waals surface area contributed by atoms with Crippen LogP contribution >= 0.6 is 0 Å². The third-order valence-electron chi connectivity index (χ3n) is 6.77. The maximum Gasteiger partial charge on any atom is 0.407 e. The van der Waals surface area contributed by atoms with Crippen LogP contribution in [0.15, 0.2) is 48.5 Å². The molecule has 33 heavy (non-hydrogen) atoms. The minimum Gasteiger partial charge on any atom is -0.481 e. The summed E-state index contributed by atoms with van der Waals surface area (Å²) in [4.78, 5) is 36.6. The standard InChI is InChI=1S/C26H32N2O5/c1-5-26(3,4)16(2)27-24(31)22(14-23(29)30)28-25(32)33-15-21-19-12-8-6-10-17(19)18-11-7-9-13-20(18)21/h6-13,16,21-22H,5,14-15H2,1-4H3,(H,27,31)(H,28,32)(H,29,30). The summed E-state index contributed by atoms with van der Waals surface area (Å²) < 4.78 is 5.47. The molecule has 2 unspecified atom stereocenters. The molecule has 3 N–H and O–H groups in total. The summed E-state index contributed by atoms with van der Waals surface area (Å²) in [5.74, 6) is -1.85. The van der Waals surface area contributed by atoms with Crippen molar-refractivity contribution in [2.45, 2.75) is 58.5 Å². The highest BCUT2D eigenvalue weighted by Crippen LogP contribution is 2.44. The number of fused-ring (bicyclic) bond motifs is 3. The molecule has 2 aromatic rings. The summed E-state index contributed by atoms with van der Waals surface area (Å²) in [5.41, 5.74) is 4.19. The van der Waals surface area contributed by atoms with Crippen molar-refractivity contribution < 1.29 is 24.2 Å². The number of carbonyl (C=O) groups excluding carboxylic acids is 2. The monoisotopic (exact) mass is 452 g/mol. The number of nitrogens with one attached hydrogen (secondary N) is 2. The van der Waals surface area contributed by atoms with Crippen molar-refractivity contribution in [3.8, 4) is 11.1 Å². The van der Waals surface area contributed by atoms with E-state index < -0.39 is 30.4 Å². The van der Waals surface area contributed by atoms with Crippen molar-refractivity contribution in [3.05, 3.63) is 59.7 Å². The zero-order chi connectivity index (χ0) is 24.2. The maximum absolute atomic E-state index is 12.7. The van der Waals surface area contributed by atoms with Crippen LogP contribution in [0.5, 0.6) is 0 Å². The molecule has 2 atom stereocenters. The van der Waals surface area contributed by atoms with Crippen molar-refractivity contribution in [3.63, 3.8) is 0 Å². The number of hydrogen-bond donors (Lipinski definition) is 3. The molecule has 0 aromatic heterocycles. The van der Waals surface area contributed by atoms with Gasteiger partial charge in [-0.2, -0.15) is 0 Å². The summed E-state index contributed by atoms with van der Waals surface area (Å²) in [6, 6.07) is 14.5. The lowest BCUT2D eigenvalue weighted by Crippen LogP contribution is -2.53. The summed E-state index contributed by atoms with van der Waals surface area (Å²) in [7, 11) is 0. The van der Waals surface area contributed by atoms with E-state index in [1.807, 2.05) is 76.2 Å². The van der Waals surface area contributed by atoms with E-state index in [4.69, 9.17) is 4.74 Å². The molecule has 0 saturated carbocycles. The summed E-state index contributed by atoms with van der Waals surface area (Å²) >= 11 is 0. The summed E-state index contributed by atoms with van der Waals surface area (Å²) in [6.07, 6.45) is -0.520. The Labute approximate surface area is 194 Å². The van der Waals surface area contributed by atoms with E-state index in [9.17, 15) is 19.5 Å². The van der Waals surface area contributed by atoms with Gasteiger partial charge in [0.25, 0.3) is 0 Å². The van der Waals surface area contributed by atoms with Gasteiger partial charge in [0, 0.05) is 12.0 Å². The SMILES string of the molecule is CCC(C)(C)C(C)NC(=O)C(CC(=O)O)NC(=O)OCC1c2ccccc2-c2ccccc21. The van der Waals surface area contributed by atoms with Crippen molar-refractivity contribution >= 4 is 18.0 Å². The lowest BCUT2D eigenvalue weighted by molar-refractivity contribution is -0.140. The van der Waals surface area contributed by atoms with E-state index in [2.05, 4.69) is 10.6 Å². The number of amides is 2. The van der Waals surface area contributed by atoms with Crippen molar-refractivity contribution in [2.24, 2.45) is 5.41 Å². The summed E-state index contributed by atoms with van der Waals surface area (Å²) in [5, 5.41) is 14.5. The minimum absolute atomic E-state index is 0.0839. The summed E-state index contributed by atoms with van der Waals surface area (Å²) in [6.45, 7) is 8.01. The number of aliphatic carboxylic acids is 1. The third-order valence-corrected chi connectivity index (χ3v) is 6.77. The number of carboxylic acid groups (broad SMARTS) is 1. The highest BCUT2D eigenvalue weighted by molar-refractivity contribution is 5.89. The van der Waals surface area contributed by atoms with Gasteiger partial charge in [0.1, 0.15) is 12.6 Å². The second-order valence-electron chi connectivity index (χ2n) is 9.19. The molecule has 0 radical (unpaired) electrons. The average Bonchev–Trinajstić information content (AvgIpc) is 3.10. The topological polar surface area (TPSA) is 105 Å². The highest BCUT2D eigenvalue weighted by Gasteiger charge is 2.32. The first-order valence-electron chi connectivity index (χ1n) is 11.3. The zero-order valence-corrected chi connectivity index (χ0v) is 19.6. The van der Waals surface area contributed by atoms with Crippen LogP contribution in [0.3, 0.4) is 0 Å². The molecule has 0 heterocycles. The Morgan fingerprint density at radius 1 is 1.00 bits per heavy atom. The molecule has 0 saturated heterocycles.